The lowest BCUT2D eigenvalue weighted by atomic mass is 10.3. The van der Waals surface area contributed by atoms with Crippen LogP contribution >= 0.6 is 11.6 Å². The van der Waals surface area contributed by atoms with Gasteiger partial charge in [0.15, 0.2) is 6.61 Å². The van der Waals surface area contributed by atoms with E-state index in [1.54, 1.807) is 30.5 Å². The number of hydrogen-bond donors (Lipinski definition) is 1. The summed E-state index contributed by atoms with van der Waals surface area (Å²) in [5.41, 5.74) is 2.37. The molecule has 0 saturated heterocycles. The van der Waals surface area contributed by atoms with Gasteiger partial charge in [-0.3, -0.25) is 4.79 Å². The predicted octanol–water partition coefficient (Wildman–Crippen LogP) is 2.48. The van der Waals surface area contributed by atoms with Gasteiger partial charge in [-0.25, -0.2) is 5.43 Å². The molecule has 0 unspecified atom stereocenters. The molecule has 0 radical (unpaired) electrons. The first kappa shape index (κ1) is 13.5. The maximum atomic E-state index is 11.3. The van der Waals surface area contributed by atoms with E-state index in [2.05, 4.69) is 10.5 Å². The Morgan fingerprint density at radius 3 is 3.00 bits per heavy atom. The average Bonchev–Trinajstić information content (AvgIpc) is 2.26. The van der Waals surface area contributed by atoms with Crippen molar-refractivity contribution in [2.45, 2.75) is 13.8 Å². The number of rotatable bonds is 5. The van der Waals surface area contributed by atoms with Crippen LogP contribution in [0.5, 0.6) is 5.75 Å². The third-order valence-corrected chi connectivity index (χ3v) is 1.96. The molecule has 0 spiro atoms. The predicted molar refractivity (Wildman–Crippen MR) is 68.4 cm³/mol. The molecule has 0 aromatic heterocycles. The summed E-state index contributed by atoms with van der Waals surface area (Å²) in [6.07, 6.45) is 1.65. The number of nitrogens with zero attached hydrogens (tertiary/aromatic N) is 1. The number of halogens is 1. The van der Waals surface area contributed by atoms with Gasteiger partial charge in [0.25, 0.3) is 5.91 Å². The Morgan fingerprint density at radius 2 is 2.35 bits per heavy atom. The minimum absolute atomic E-state index is 0.0875. The molecule has 1 aromatic carbocycles. The van der Waals surface area contributed by atoms with E-state index in [0.29, 0.717) is 16.7 Å². The second kappa shape index (κ2) is 6.91. The van der Waals surface area contributed by atoms with E-state index in [9.17, 15) is 4.79 Å². The van der Waals surface area contributed by atoms with Crippen molar-refractivity contribution in [2.75, 3.05) is 6.61 Å². The van der Waals surface area contributed by atoms with Crippen LogP contribution in [0.1, 0.15) is 13.8 Å². The van der Waals surface area contributed by atoms with Gasteiger partial charge < -0.3 is 4.74 Å². The zero-order chi connectivity index (χ0) is 12.7. The van der Waals surface area contributed by atoms with Crippen molar-refractivity contribution in [1.82, 2.24) is 5.43 Å². The van der Waals surface area contributed by atoms with E-state index in [1.807, 2.05) is 13.8 Å². The Labute approximate surface area is 106 Å². The van der Waals surface area contributed by atoms with Crippen LogP contribution in [0.2, 0.25) is 5.02 Å². The summed E-state index contributed by atoms with van der Waals surface area (Å²) in [5, 5.41) is 4.34. The van der Waals surface area contributed by atoms with Crippen LogP contribution in [0.3, 0.4) is 0 Å². The summed E-state index contributed by atoms with van der Waals surface area (Å²) in [7, 11) is 0. The molecule has 1 N–H and O–H groups in total. The van der Waals surface area contributed by atoms with Gasteiger partial charge in [-0.2, -0.15) is 5.10 Å². The number of ether oxygens (including phenoxy) is 1. The SMILES string of the molecule is CC(C)/C=N/NC(=O)COc1cccc(Cl)c1. The van der Waals surface area contributed by atoms with Crippen molar-refractivity contribution in [3.05, 3.63) is 29.3 Å². The number of nitrogens with one attached hydrogen (secondary N) is 1. The van der Waals surface area contributed by atoms with Crippen LogP contribution in [-0.4, -0.2) is 18.7 Å². The van der Waals surface area contributed by atoms with Crippen molar-refractivity contribution in [1.29, 1.82) is 0 Å². The Hall–Kier alpha value is -1.55. The zero-order valence-corrected chi connectivity index (χ0v) is 10.6. The van der Waals surface area contributed by atoms with Gasteiger partial charge >= 0.3 is 0 Å². The molecule has 0 saturated carbocycles. The minimum atomic E-state index is -0.304. The molecule has 0 aliphatic heterocycles. The maximum Gasteiger partial charge on any atom is 0.277 e. The Kier molecular flexibility index (Phi) is 5.49. The molecule has 0 fully saturated rings. The van der Waals surface area contributed by atoms with Crippen LogP contribution in [-0.2, 0) is 4.79 Å². The van der Waals surface area contributed by atoms with E-state index in [-0.39, 0.29) is 12.5 Å². The molecule has 17 heavy (non-hydrogen) atoms. The van der Waals surface area contributed by atoms with E-state index in [1.165, 1.54) is 0 Å². The fourth-order valence-corrected chi connectivity index (χ4v) is 1.18. The molecule has 4 nitrogen and oxygen atoms in total. The fraction of sp³-hybridized carbons (Fsp3) is 0.333. The van der Waals surface area contributed by atoms with Gasteiger partial charge in [0, 0.05) is 11.2 Å². The van der Waals surface area contributed by atoms with Gasteiger partial charge in [-0.05, 0) is 24.1 Å². The Bertz CT molecular complexity index is 405. The Morgan fingerprint density at radius 1 is 1.59 bits per heavy atom. The van der Waals surface area contributed by atoms with Crippen LogP contribution in [0.25, 0.3) is 0 Å². The van der Waals surface area contributed by atoms with Gasteiger partial charge in [0.05, 0.1) is 0 Å². The van der Waals surface area contributed by atoms with Crippen molar-refractivity contribution < 1.29 is 9.53 Å². The van der Waals surface area contributed by atoms with Crippen LogP contribution in [0, 0.1) is 5.92 Å². The highest BCUT2D eigenvalue weighted by atomic mass is 35.5. The highest BCUT2D eigenvalue weighted by Crippen LogP contribution is 2.16. The first-order chi connectivity index (χ1) is 8.08. The fourth-order valence-electron chi connectivity index (χ4n) is 0.996. The van der Waals surface area contributed by atoms with Crippen LogP contribution in [0.4, 0.5) is 0 Å². The van der Waals surface area contributed by atoms with Gasteiger partial charge in [0.2, 0.25) is 0 Å². The third-order valence-electron chi connectivity index (χ3n) is 1.73. The quantitative estimate of drug-likeness (QED) is 0.648. The maximum absolute atomic E-state index is 11.3. The first-order valence-corrected chi connectivity index (χ1v) is 5.66. The van der Waals surface area contributed by atoms with Crippen molar-refractivity contribution in [2.24, 2.45) is 11.0 Å². The molecule has 92 valence electrons. The molecule has 5 heteroatoms. The normalized spacial score (nSPS) is 10.8. The van der Waals surface area contributed by atoms with Crippen LogP contribution in [0.15, 0.2) is 29.4 Å². The lowest BCUT2D eigenvalue weighted by Crippen LogP contribution is -2.24. The largest absolute Gasteiger partial charge is 0.484 e. The van der Waals surface area contributed by atoms with Crippen molar-refractivity contribution >= 4 is 23.7 Å². The van der Waals surface area contributed by atoms with Gasteiger partial charge in [0.1, 0.15) is 5.75 Å². The summed E-state index contributed by atoms with van der Waals surface area (Å²) < 4.78 is 5.24. The summed E-state index contributed by atoms with van der Waals surface area (Å²) in [5.74, 6) is 0.548. The lowest BCUT2D eigenvalue weighted by molar-refractivity contribution is -0.123. The summed E-state index contributed by atoms with van der Waals surface area (Å²) >= 11 is 5.77. The zero-order valence-electron chi connectivity index (χ0n) is 9.81. The topological polar surface area (TPSA) is 50.7 Å². The summed E-state index contributed by atoms with van der Waals surface area (Å²) in [6, 6.07) is 6.87. The van der Waals surface area contributed by atoms with Crippen molar-refractivity contribution in [3.63, 3.8) is 0 Å². The van der Waals surface area contributed by atoms with E-state index in [4.69, 9.17) is 16.3 Å². The smallest absolute Gasteiger partial charge is 0.277 e. The van der Waals surface area contributed by atoms with Crippen LogP contribution < -0.4 is 10.2 Å². The van der Waals surface area contributed by atoms with Gasteiger partial charge in [-0.15, -0.1) is 0 Å². The molecule has 1 aromatic rings. The molecular weight excluding hydrogens is 240 g/mol. The van der Waals surface area contributed by atoms with E-state index < -0.39 is 0 Å². The van der Waals surface area contributed by atoms with Crippen molar-refractivity contribution in [3.8, 4) is 5.75 Å². The number of benzene rings is 1. The second-order valence-corrected chi connectivity index (χ2v) is 4.24. The number of carbonyl (C=O) groups is 1. The molecule has 0 bridgehead atoms. The number of hydrazone groups is 1. The molecule has 1 amide bonds. The molecule has 0 aliphatic rings. The number of carbonyl (C=O) groups excluding carboxylic acids is 1. The number of amides is 1. The summed E-state index contributed by atoms with van der Waals surface area (Å²) in [4.78, 5) is 11.3. The van der Waals surface area contributed by atoms with E-state index in [0.717, 1.165) is 0 Å². The lowest BCUT2D eigenvalue weighted by Gasteiger charge is -2.05. The first-order valence-electron chi connectivity index (χ1n) is 5.28. The monoisotopic (exact) mass is 254 g/mol. The molecule has 1 rings (SSSR count). The molecular formula is C12H15ClN2O2. The molecule has 0 atom stereocenters. The second-order valence-electron chi connectivity index (χ2n) is 3.80. The molecule has 0 heterocycles. The third kappa shape index (κ3) is 5.92. The highest BCUT2D eigenvalue weighted by molar-refractivity contribution is 6.30. The highest BCUT2D eigenvalue weighted by Gasteiger charge is 2.01. The summed E-state index contributed by atoms with van der Waals surface area (Å²) in [6.45, 7) is 3.85. The van der Waals surface area contributed by atoms with E-state index >= 15 is 0 Å². The number of hydrogen-bond acceptors (Lipinski definition) is 3. The van der Waals surface area contributed by atoms with Gasteiger partial charge in [-0.1, -0.05) is 31.5 Å². The minimum Gasteiger partial charge on any atom is -0.484 e. The average molecular weight is 255 g/mol. The molecule has 0 aliphatic carbocycles. The Balaban J connectivity index is 2.33. The standard InChI is InChI=1S/C12H15ClN2O2/c1-9(2)7-14-15-12(16)8-17-11-5-3-4-10(13)6-11/h3-7,9H,8H2,1-2H3,(H,15,16)/b14-7+.